The molecule has 0 radical (unpaired) electrons. The van der Waals surface area contributed by atoms with E-state index in [0.29, 0.717) is 18.8 Å². The molecule has 0 unspecified atom stereocenters. The van der Waals surface area contributed by atoms with E-state index in [0.717, 1.165) is 42.9 Å². The van der Waals surface area contributed by atoms with E-state index in [1.807, 2.05) is 28.4 Å². The molecule has 0 saturated carbocycles. The van der Waals surface area contributed by atoms with Gasteiger partial charge >= 0.3 is 6.03 Å². The number of aryl methyl sites for hydroxylation is 1. The average molecular weight is 374 g/mol. The molecule has 9 heteroatoms. The van der Waals surface area contributed by atoms with Crippen molar-refractivity contribution in [1.29, 1.82) is 0 Å². The molecule has 138 valence electrons. The number of hydrogen-bond acceptors (Lipinski definition) is 5. The molecule has 0 bridgehead atoms. The van der Waals surface area contributed by atoms with Crippen molar-refractivity contribution in [2.75, 3.05) is 26.2 Å². The normalized spacial score (nSPS) is 18.9. The number of nitrogens with zero attached hydrogens (tertiary/aromatic N) is 5. The Hall–Kier alpha value is -2.42. The smallest absolute Gasteiger partial charge is 0.317 e. The summed E-state index contributed by atoms with van der Waals surface area (Å²) in [6.45, 7) is 2.89. The lowest BCUT2D eigenvalue weighted by Crippen LogP contribution is -2.54. The van der Waals surface area contributed by atoms with E-state index in [4.69, 9.17) is 0 Å². The van der Waals surface area contributed by atoms with Crippen LogP contribution in [-0.4, -0.2) is 68.7 Å². The van der Waals surface area contributed by atoms with Crippen LogP contribution in [-0.2, 0) is 7.05 Å². The van der Waals surface area contributed by atoms with Crippen LogP contribution in [0.2, 0.25) is 0 Å². The predicted molar refractivity (Wildman–Crippen MR) is 98.0 cm³/mol. The highest BCUT2D eigenvalue weighted by Gasteiger charge is 2.31. The van der Waals surface area contributed by atoms with Gasteiger partial charge in [-0.15, -0.1) is 11.3 Å². The Labute approximate surface area is 155 Å². The zero-order valence-corrected chi connectivity index (χ0v) is 15.5. The van der Waals surface area contributed by atoms with Gasteiger partial charge in [-0.25, -0.2) is 9.78 Å². The fraction of sp³-hybridized carbons (Fsp3) is 0.529. The van der Waals surface area contributed by atoms with Crippen molar-refractivity contribution in [2.24, 2.45) is 7.05 Å². The van der Waals surface area contributed by atoms with Crippen molar-refractivity contribution >= 4 is 23.3 Å². The van der Waals surface area contributed by atoms with Crippen LogP contribution in [0.5, 0.6) is 0 Å². The number of urea groups is 1. The first kappa shape index (κ1) is 17.0. The number of likely N-dealkylation sites (tertiary alicyclic amines) is 1. The molecule has 0 atom stereocenters. The quantitative estimate of drug-likeness (QED) is 0.884. The van der Waals surface area contributed by atoms with E-state index in [-0.39, 0.29) is 18.0 Å². The van der Waals surface area contributed by atoms with Crippen LogP contribution in [0, 0.1) is 0 Å². The van der Waals surface area contributed by atoms with E-state index in [9.17, 15) is 9.59 Å². The van der Waals surface area contributed by atoms with E-state index < -0.39 is 0 Å². The number of carbonyl (C=O) groups excluding carboxylic acids is 2. The largest absolute Gasteiger partial charge is 0.338 e. The maximum absolute atomic E-state index is 12.8. The van der Waals surface area contributed by atoms with Crippen LogP contribution in [0.15, 0.2) is 17.8 Å². The molecule has 0 spiro atoms. The standard InChI is InChI=1S/C17H22N6O2S/c1-21-10-12(9-19-21)15-20-14(11-26-15)16(24)22-7-3-13(4-8-22)23-6-2-5-18-17(23)25/h9-11,13H,2-8H2,1H3,(H,18,25). The minimum Gasteiger partial charge on any atom is -0.338 e. The first-order valence-corrected chi connectivity index (χ1v) is 9.78. The van der Waals surface area contributed by atoms with E-state index >= 15 is 0 Å². The molecular weight excluding hydrogens is 352 g/mol. The lowest BCUT2D eigenvalue weighted by molar-refractivity contribution is 0.0638. The third-order valence-electron chi connectivity index (χ3n) is 4.98. The molecule has 2 aromatic heterocycles. The van der Waals surface area contributed by atoms with Gasteiger partial charge in [0, 0.05) is 56.4 Å². The molecule has 2 aromatic rings. The van der Waals surface area contributed by atoms with Gasteiger partial charge in [-0.2, -0.15) is 5.10 Å². The number of carbonyl (C=O) groups is 2. The number of piperidine rings is 1. The molecule has 8 nitrogen and oxygen atoms in total. The summed E-state index contributed by atoms with van der Waals surface area (Å²) in [6, 6.07) is 0.252. The van der Waals surface area contributed by atoms with Crippen molar-refractivity contribution in [3.63, 3.8) is 0 Å². The Kier molecular flexibility index (Phi) is 4.62. The molecule has 0 aliphatic carbocycles. The second-order valence-electron chi connectivity index (χ2n) is 6.74. The molecule has 2 saturated heterocycles. The zero-order valence-electron chi connectivity index (χ0n) is 14.7. The summed E-state index contributed by atoms with van der Waals surface area (Å²) in [6.07, 6.45) is 6.27. The molecule has 2 aliphatic rings. The third kappa shape index (κ3) is 3.31. The molecule has 2 fully saturated rings. The van der Waals surface area contributed by atoms with Crippen LogP contribution in [0.3, 0.4) is 0 Å². The average Bonchev–Trinajstić information content (AvgIpc) is 3.31. The highest BCUT2D eigenvalue weighted by molar-refractivity contribution is 7.13. The zero-order chi connectivity index (χ0) is 18.1. The number of nitrogens with one attached hydrogen (secondary N) is 1. The fourth-order valence-electron chi connectivity index (χ4n) is 3.58. The van der Waals surface area contributed by atoms with Gasteiger partial charge in [0.1, 0.15) is 10.7 Å². The number of aromatic nitrogens is 3. The van der Waals surface area contributed by atoms with Gasteiger partial charge in [0.25, 0.3) is 5.91 Å². The van der Waals surface area contributed by atoms with Gasteiger partial charge in [0.05, 0.1) is 6.20 Å². The van der Waals surface area contributed by atoms with Crippen molar-refractivity contribution in [3.05, 3.63) is 23.5 Å². The molecule has 3 amide bonds. The summed E-state index contributed by atoms with van der Waals surface area (Å²) in [5.41, 5.74) is 1.41. The fourth-order valence-corrected chi connectivity index (χ4v) is 4.34. The molecule has 1 N–H and O–H groups in total. The van der Waals surface area contributed by atoms with Gasteiger partial charge in [-0.05, 0) is 19.3 Å². The minimum atomic E-state index is -0.0297. The maximum Gasteiger partial charge on any atom is 0.317 e. The highest BCUT2D eigenvalue weighted by atomic mass is 32.1. The second kappa shape index (κ2) is 7.06. The summed E-state index contributed by atoms with van der Waals surface area (Å²) in [4.78, 5) is 33.0. The summed E-state index contributed by atoms with van der Waals surface area (Å²) < 4.78 is 1.72. The van der Waals surface area contributed by atoms with Crippen LogP contribution in [0.4, 0.5) is 4.79 Å². The summed E-state index contributed by atoms with van der Waals surface area (Å²) in [5.74, 6) is -0.0297. The summed E-state index contributed by atoms with van der Waals surface area (Å²) >= 11 is 1.46. The van der Waals surface area contributed by atoms with Crippen molar-refractivity contribution in [1.82, 2.24) is 29.9 Å². The van der Waals surface area contributed by atoms with E-state index in [1.54, 1.807) is 10.9 Å². The van der Waals surface area contributed by atoms with Crippen LogP contribution in [0.25, 0.3) is 10.6 Å². The van der Waals surface area contributed by atoms with Crippen LogP contribution >= 0.6 is 11.3 Å². The summed E-state index contributed by atoms with van der Waals surface area (Å²) in [7, 11) is 1.86. The van der Waals surface area contributed by atoms with Crippen LogP contribution < -0.4 is 5.32 Å². The first-order chi connectivity index (χ1) is 12.6. The number of rotatable bonds is 3. The molecule has 4 heterocycles. The Morgan fingerprint density at radius 1 is 1.31 bits per heavy atom. The number of amides is 3. The number of thiazole rings is 1. The highest BCUT2D eigenvalue weighted by Crippen LogP contribution is 2.25. The molecule has 26 heavy (non-hydrogen) atoms. The third-order valence-corrected chi connectivity index (χ3v) is 5.87. The van der Waals surface area contributed by atoms with Gasteiger partial charge in [-0.3, -0.25) is 9.48 Å². The lowest BCUT2D eigenvalue weighted by Gasteiger charge is -2.40. The Balaban J connectivity index is 1.38. The molecular formula is C17H22N6O2S. The van der Waals surface area contributed by atoms with E-state index in [2.05, 4.69) is 15.4 Å². The van der Waals surface area contributed by atoms with Gasteiger partial charge in [-0.1, -0.05) is 0 Å². The second-order valence-corrected chi connectivity index (χ2v) is 7.60. The topological polar surface area (TPSA) is 83.4 Å². The van der Waals surface area contributed by atoms with Crippen LogP contribution in [0.1, 0.15) is 29.8 Å². The number of hydrogen-bond donors (Lipinski definition) is 1. The van der Waals surface area contributed by atoms with Crippen molar-refractivity contribution < 1.29 is 9.59 Å². The predicted octanol–water partition coefficient (Wildman–Crippen LogP) is 1.56. The molecule has 4 rings (SSSR count). The lowest BCUT2D eigenvalue weighted by atomic mass is 10.0. The van der Waals surface area contributed by atoms with Crippen molar-refractivity contribution in [3.8, 4) is 10.6 Å². The molecule has 0 aromatic carbocycles. The Morgan fingerprint density at radius 3 is 2.81 bits per heavy atom. The first-order valence-electron chi connectivity index (χ1n) is 8.90. The molecule has 2 aliphatic heterocycles. The Bertz CT molecular complexity index is 808. The Morgan fingerprint density at radius 2 is 2.12 bits per heavy atom. The maximum atomic E-state index is 12.8. The van der Waals surface area contributed by atoms with Gasteiger partial charge in [0.15, 0.2) is 0 Å². The monoisotopic (exact) mass is 374 g/mol. The summed E-state index contributed by atoms with van der Waals surface area (Å²) in [5, 5.41) is 9.67. The van der Waals surface area contributed by atoms with Gasteiger partial charge in [0.2, 0.25) is 0 Å². The van der Waals surface area contributed by atoms with Crippen molar-refractivity contribution in [2.45, 2.75) is 25.3 Å². The van der Waals surface area contributed by atoms with Gasteiger partial charge < -0.3 is 15.1 Å². The van der Waals surface area contributed by atoms with E-state index in [1.165, 1.54) is 11.3 Å². The SMILES string of the molecule is Cn1cc(-c2nc(C(=O)N3CCC(N4CCCNC4=O)CC3)cs2)cn1. The minimum absolute atomic E-state index is 0.0293.